The Morgan fingerprint density at radius 1 is 1.28 bits per heavy atom. The highest BCUT2D eigenvalue weighted by molar-refractivity contribution is 5.73. The minimum atomic E-state index is -1.22. The van der Waals surface area contributed by atoms with Gasteiger partial charge in [0.25, 0.3) is 0 Å². The Morgan fingerprint density at radius 2 is 1.83 bits per heavy atom. The van der Waals surface area contributed by atoms with E-state index in [1.54, 1.807) is 0 Å². The normalized spacial score (nSPS) is 37.4. The van der Waals surface area contributed by atoms with Crippen molar-refractivity contribution in [2.24, 2.45) is 5.41 Å². The molecule has 0 spiro atoms. The average molecular weight is 261 g/mol. The first-order chi connectivity index (χ1) is 8.18. The van der Waals surface area contributed by atoms with Crippen LogP contribution in [0.15, 0.2) is 0 Å². The largest absolute Gasteiger partial charge is 0.394 e. The zero-order chi connectivity index (χ0) is 14.1. The zero-order valence-electron chi connectivity index (χ0n) is 11.3. The maximum absolute atomic E-state index is 11.2. The third-order valence-corrected chi connectivity index (χ3v) is 3.15. The average Bonchev–Trinajstić information content (AvgIpc) is 2.23. The minimum Gasteiger partial charge on any atom is -0.394 e. The fourth-order valence-electron chi connectivity index (χ4n) is 2.25. The predicted molar refractivity (Wildman–Crippen MR) is 64.8 cm³/mol. The van der Waals surface area contributed by atoms with Crippen molar-refractivity contribution >= 4 is 5.91 Å². The molecule has 0 aliphatic carbocycles. The van der Waals surface area contributed by atoms with Crippen molar-refractivity contribution < 1.29 is 24.9 Å². The summed E-state index contributed by atoms with van der Waals surface area (Å²) in [4.78, 5) is 11.2. The quantitative estimate of drug-likeness (QED) is 0.512. The number of aliphatic hydroxyl groups excluding tert-OH is 3. The first-order valence-electron chi connectivity index (χ1n) is 6.08. The summed E-state index contributed by atoms with van der Waals surface area (Å²) in [6.45, 7) is 6.69. The molecule has 1 rings (SSSR count). The molecule has 4 unspecified atom stereocenters. The van der Waals surface area contributed by atoms with Crippen molar-refractivity contribution in [3.63, 3.8) is 0 Å². The Balaban J connectivity index is 2.98. The van der Waals surface area contributed by atoms with Crippen LogP contribution >= 0.6 is 0 Å². The van der Waals surface area contributed by atoms with Gasteiger partial charge in [-0.15, -0.1) is 0 Å². The number of hydrogen-bond donors (Lipinski definition) is 4. The molecule has 106 valence electrons. The highest BCUT2D eigenvalue weighted by atomic mass is 16.5. The van der Waals surface area contributed by atoms with Gasteiger partial charge in [0.1, 0.15) is 18.3 Å². The van der Waals surface area contributed by atoms with Gasteiger partial charge in [0.05, 0.1) is 18.8 Å². The molecule has 0 bridgehead atoms. The van der Waals surface area contributed by atoms with Crippen LogP contribution in [-0.4, -0.2) is 58.3 Å². The second-order valence-electron chi connectivity index (χ2n) is 5.85. The second kappa shape index (κ2) is 5.52. The lowest BCUT2D eigenvalue weighted by Gasteiger charge is -2.47. The van der Waals surface area contributed by atoms with Gasteiger partial charge in [0.15, 0.2) is 0 Å². The highest BCUT2D eigenvalue weighted by Gasteiger charge is 2.48. The molecule has 1 fully saturated rings. The molecular formula is C12H23NO5. The van der Waals surface area contributed by atoms with Crippen LogP contribution in [0.25, 0.3) is 0 Å². The highest BCUT2D eigenvalue weighted by Crippen LogP contribution is 2.32. The van der Waals surface area contributed by atoms with Crippen LogP contribution in [0, 0.1) is 5.41 Å². The topological polar surface area (TPSA) is 99.0 Å². The molecule has 18 heavy (non-hydrogen) atoms. The van der Waals surface area contributed by atoms with Crippen LogP contribution in [-0.2, 0) is 9.53 Å². The van der Waals surface area contributed by atoms with Gasteiger partial charge in [0.2, 0.25) is 5.91 Å². The van der Waals surface area contributed by atoms with Gasteiger partial charge in [-0.1, -0.05) is 20.8 Å². The summed E-state index contributed by atoms with van der Waals surface area (Å²) in [5, 5.41) is 31.6. The summed E-state index contributed by atoms with van der Waals surface area (Å²) in [6.07, 6.45) is -3.71. The Labute approximate surface area is 107 Å². The number of rotatable bonds is 2. The first kappa shape index (κ1) is 15.4. The van der Waals surface area contributed by atoms with Crippen LogP contribution in [0.2, 0.25) is 0 Å². The summed E-state index contributed by atoms with van der Waals surface area (Å²) in [6, 6.07) is -0.694. The van der Waals surface area contributed by atoms with Crippen LogP contribution < -0.4 is 5.32 Å². The van der Waals surface area contributed by atoms with E-state index < -0.39 is 30.5 Å². The van der Waals surface area contributed by atoms with Crippen molar-refractivity contribution in [2.45, 2.75) is 58.2 Å². The summed E-state index contributed by atoms with van der Waals surface area (Å²) >= 11 is 0. The van der Waals surface area contributed by atoms with Crippen LogP contribution in [0.4, 0.5) is 0 Å². The third-order valence-electron chi connectivity index (χ3n) is 3.15. The van der Waals surface area contributed by atoms with E-state index >= 15 is 0 Å². The van der Waals surface area contributed by atoms with E-state index in [4.69, 9.17) is 9.84 Å². The van der Waals surface area contributed by atoms with E-state index in [1.807, 2.05) is 20.8 Å². The lowest BCUT2D eigenvalue weighted by molar-refractivity contribution is -0.216. The fraction of sp³-hybridized carbons (Fsp3) is 0.917. The van der Waals surface area contributed by atoms with Crippen LogP contribution in [0.3, 0.4) is 0 Å². The van der Waals surface area contributed by atoms with Crippen LogP contribution in [0.5, 0.6) is 0 Å². The Bertz CT molecular complexity index is 301. The fourth-order valence-corrected chi connectivity index (χ4v) is 2.25. The SMILES string of the molecule is CC(=O)N[C@@H]1C(O)C(O)C(CO)OC1C(C)(C)C. The maximum atomic E-state index is 11.2. The molecule has 0 aromatic rings. The smallest absolute Gasteiger partial charge is 0.217 e. The number of nitrogens with one attached hydrogen (secondary N) is 1. The molecular weight excluding hydrogens is 238 g/mol. The van der Waals surface area contributed by atoms with E-state index in [0.717, 1.165) is 0 Å². The van der Waals surface area contributed by atoms with Gasteiger partial charge in [0, 0.05) is 6.92 Å². The van der Waals surface area contributed by atoms with E-state index in [0.29, 0.717) is 0 Å². The molecule has 0 aromatic heterocycles. The van der Waals surface area contributed by atoms with E-state index in [-0.39, 0.29) is 17.9 Å². The van der Waals surface area contributed by atoms with Gasteiger partial charge in [-0.05, 0) is 5.41 Å². The number of amides is 1. The monoisotopic (exact) mass is 261 g/mol. The van der Waals surface area contributed by atoms with Crippen LogP contribution in [0.1, 0.15) is 27.7 Å². The molecule has 0 saturated carbocycles. The summed E-state index contributed by atoms with van der Waals surface area (Å²) in [5.41, 5.74) is -0.346. The van der Waals surface area contributed by atoms with E-state index in [9.17, 15) is 15.0 Å². The van der Waals surface area contributed by atoms with Gasteiger partial charge in [-0.25, -0.2) is 0 Å². The summed E-state index contributed by atoms with van der Waals surface area (Å²) in [5.74, 6) is -0.299. The Hall–Kier alpha value is -0.690. The number of carbonyl (C=O) groups is 1. The minimum absolute atomic E-state index is 0.299. The third kappa shape index (κ3) is 3.20. The molecule has 1 heterocycles. The number of ether oxygens (including phenoxy) is 1. The van der Waals surface area contributed by atoms with Crippen molar-refractivity contribution in [2.75, 3.05) is 6.61 Å². The molecule has 6 nitrogen and oxygen atoms in total. The summed E-state index contributed by atoms with van der Waals surface area (Å²) in [7, 11) is 0. The lowest BCUT2D eigenvalue weighted by Crippen LogP contribution is -2.66. The second-order valence-corrected chi connectivity index (χ2v) is 5.85. The van der Waals surface area contributed by atoms with Crippen molar-refractivity contribution in [1.29, 1.82) is 0 Å². The standard InChI is InChI=1S/C12H23NO5/c1-6(15)13-8-10(17)9(16)7(5-14)18-11(8)12(2,3)4/h7-11,14,16-17H,5H2,1-4H3,(H,13,15)/t7?,8-,9?,10?,11?/m1/s1. The van der Waals surface area contributed by atoms with Gasteiger partial charge in [-0.2, -0.15) is 0 Å². The molecule has 6 heteroatoms. The van der Waals surface area contributed by atoms with Crippen molar-refractivity contribution in [1.82, 2.24) is 5.32 Å². The van der Waals surface area contributed by atoms with Crippen molar-refractivity contribution in [3.05, 3.63) is 0 Å². The Kier molecular flexibility index (Phi) is 4.72. The zero-order valence-corrected chi connectivity index (χ0v) is 11.3. The lowest BCUT2D eigenvalue weighted by atomic mass is 9.78. The molecule has 4 N–H and O–H groups in total. The molecule has 1 amide bonds. The van der Waals surface area contributed by atoms with E-state index in [1.165, 1.54) is 6.92 Å². The van der Waals surface area contributed by atoms with Gasteiger partial charge >= 0.3 is 0 Å². The molecule has 0 aromatic carbocycles. The predicted octanol–water partition coefficient (Wildman–Crippen LogP) is -0.981. The first-order valence-corrected chi connectivity index (χ1v) is 6.08. The molecule has 1 aliphatic rings. The molecule has 0 radical (unpaired) electrons. The number of hydrogen-bond acceptors (Lipinski definition) is 5. The van der Waals surface area contributed by atoms with Gasteiger partial charge in [-0.3, -0.25) is 4.79 Å². The van der Waals surface area contributed by atoms with Crippen molar-refractivity contribution in [3.8, 4) is 0 Å². The number of aliphatic hydroxyl groups is 3. The Morgan fingerprint density at radius 3 is 2.22 bits per heavy atom. The summed E-state index contributed by atoms with van der Waals surface area (Å²) < 4.78 is 5.62. The van der Waals surface area contributed by atoms with Gasteiger partial charge < -0.3 is 25.4 Å². The number of carbonyl (C=O) groups excluding carboxylic acids is 1. The van der Waals surface area contributed by atoms with E-state index in [2.05, 4.69) is 5.32 Å². The molecule has 1 aliphatic heterocycles. The maximum Gasteiger partial charge on any atom is 0.217 e. The molecule has 1 saturated heterocycles. The molecule has 5 atom stereocenters.